The van der Waals surface area contributed by atoms with Gasteiger partial charge in [0.05, 0.1) is 61.1 Å². The highest BCUT2D eigenvalue weighted by Gasteiger charge is 2.36. The van der Waals surface area contributed by atoms with Crippen molar-refractivity contribution in [3.63, 3.8) is 0 Å². The molecule has 21 N–H and O–H groups in total. The van der Waals surface area contributed by atoms with Crippen LogP contribution in [0.4, 0.5) is 0 Å². The van der Waals surface area contributed by atoms with Crippen LogP contribution in [0.5, 0.6) is 0 Å². The number of amides is 9. The number of hydrogen-bond donors (Lipinski definition) is 18. The molecule has 6 atom stereocenters. The summed E-state index contributed by atoms with van der Waals surface area (Å²) in [5.74, 6) is -11.8. The van der Waals surface area contributed by atoms with Crippen LogP contribution >= 0.6 is 0 Å². The number of primary amides is 1. The zero-order valence-electron chi connectivity index (χ0n) is 58.2. The molecule has 4 heterocycles. The number of nitrogens with two attached hydrogens (primary N) is 3. The van der Waals surface area contributed by atoms with Crippen LogP contribution in [0.3, 0.4) is 0 Å². The second-order valence-electron chi connectivity index (χ2n) is 25.1. The van der Waals surface area contributed by atoms with E-state index in [2.05, 4.69) is 57.8 Å². The second kappa shape index (κ2) is 34.9. The van der Waals surface area contributed by atoms with E-state index >= 15 is 9.59 Å². The lowest BCUT2D eigenvalue weighted by atomic mass is 10.0. The first-order chi connectivity index (χ1) is 51.8. The van der Waals surface area contributed by atoms with Crippen molar-refractivity contribution in [3.8, 4) is 11.1 Å². The Morgan fingerprint density at radius 3 is 1.53 bits per heavy atom. The lowest BCUT2D eigenvalue weighted by molar-refractivity contribution is -0.140. The highest BCUT2D eigenvalue weighted by molar-refractivity contribution is 6.22. The monoisotopic (exact) mass is 1500 g/mol. The molecule has 0 spiro atoms. The third-order valence-electron chi connectivity index (χ3n) is 17.3. The summed E-state index contributed by atoms with van der Waals surface area (Å²) in [4.78, 5) is 259. The number of hydrogen-bond acceptors (Lipinski definition) is 20. The lowest BCUT2D eigenvalue weighted by Gasteiger charge is -2.28. The first kappa shape index (κ1) is 78.7. The Kier molecular flexibility index (Phi) is 25.2. The maximum absolute atomic E-state index is 15.3. The summed E-state index contributed by atoms with van der Waals surface area (Å²) in [6.07, 6.45) is 1.60. The number of aromatic nitrogens is 8. The van der Waals surface area contributed by atoms with Gasteiger partial charge in [0.25, 0.3) is 28.1 Å². The normalized spacial score (nSPS) is 13.0. The van der Waals surface area contributed by atoms with Gasteiger partial charge in [-0.05, 0) is 80.1 Å². The average Bonchev–Trinajstić information content (AvgIpc) is 1.70. The number of ketones is 1. The standard InChI is InChI=1S/C68H75N23O18/c1-33-27-89(66(107)86-54(33)97)28-45(57(100)79-43(53(69)96)17-9-22-74-63(70)71)80-59(102)47(31-91-61(104)39-14-6-8-16-42(39)84-68(91)109)81-58(101)46(30-90-60(103)38-13-5-7-15-41(38)83-67(90)108)78-51(94)32-87(2)62(105)48(29-88-24-21-49(92)85-65(88)106)82-56(99)44(18-10-23-75-64(72)73)77-50(93)26-76-55(98)34-19-20-36-35-11-3-4-12-37(35)52(95)40(36)25-34/h3-8,11-16,19-21,24-25,27,43-48H,9-10,17-18,22-23,26,28-32H2,1-2H3,(H2,69,96)(H,76,98)(H,77,93)(H,78,94)(H,79,100)(H,80,102)(H,81,101)(H,82,99)(H,83,108)(H,84,109)(H4,70,71,74)(H4,72,73,75)(H,85,92,106)(H,86,97,107)/t43-,44-,45+,46+,47+,48+/m0/s1. The van der Waals surface area contributed by atoms with Crippen LogP contribution in [-0.2, 0) is 64.5 Å². The lowest BCUT2D eigenvalue weighted by Crippen LogP contribution is -2.62. The third kappa shape index (κ3) is 19.7. The molecule has 0 bridgehead atoms. The van der Waals surface area contributed by atoms with Gasteiger partial charge in [-0.1, -0.05) is 54.6 Å². The minimum absolute atomic E-state index is 0.00621. The molecular weight excluding hydrogens is 1430 g/mol. The van der Waals surface area contributed by atoms with Gasteiger partial charge in [-0.3, -0.25) is 106 Å². The van der Waals surface area contributed by atoms with E-state index in [1.807, 2.05) is 9.97 Å². The molecule has 109 heavy (non-hydrogen) atoms. The first-order valence-corrected chi connectivity index (χ1v) is 33.5. The van der Waals surface area contributed by atoms with Gasteiger partial charge in [0.1, 0.15) is 36.3 Å². The molecule has 0 unspecified atom stereocenters. The number of benzene rings is 4. The van der Waals surface area contributed by atoms with Crippen LogP contribution in [0.25, 0.3) is 32.9 Å². The summed E-state index contributed by atoms with van der Waals surface area (Å²) in [6, 6.07) is 11.9. The maximum atomic E-state index is 15.3. The van der Waals surface area contributed by atoms with E-state index in [0.717, 1.165) is 34.6 Å². The number of para-hydroxylation sites is 2. The van der Waals surface area contributed by atoms with E-state index < -0.39 is 186 Å². The van der Waals surface area contributed by atoms with Gasteiger partial charge < -0.3 is 79.9 Å². The van der Waals surface area contributed by atoms with Gasteiger partial charge >= 0.3 is 22.8 Å². The number of rotatable bonds is 33. The Bertz CT molecular complexity index is 5500. The minimum atomic E-state index is -2.27. The second-order valence-corrected chi connectivity index (χ2v) is 25.1. The molecule has 4 aromatic carbocycles. The Morgan fingerprint density at radius 2 is 0.963 bits per heavy atom. The van der Waals surface area contributed by atoms with E-state index in [4.69, 9.17) is 28.0 Å². The van der Waals surface area contributed by atoms with E-state index in [1.165, 1.54) is 67.6 Å². The predicted molar refractivity (Wildman–Crippen MR) is 389 cm³/mol. The molecule has 41 heteroatoms. The highest BCUT2D eigenvalue weighted by atomic mass is 16.2. The summed E-state index contributed by atoms with van der Waals surface area (Å²) in [7, 11) is 1.02. The van der Waals surface area contributed by atoms with Gasteiger partial charge in [0.15, 0.2) is 17.7 Å². The molecule has 0 saturated carbocycles. The molecule has 1 aliphatic carbocycles. The molecule has 4 aromatic heterocycles. The molecule has 0 saturated heterocycles. The van der Waals surface area contributed by atoms with Crippen LogP contribution in [-0.4, -0.2) is 183 Å². The number of H-pyrrole nitrogens is 4. The fraction of sp³-hybridized carbons (Fsp3) is 0.294. The fourth-order valence-corrected chi connectivity index (χ4v) is 11.8. The number of likely N-dealkylation sites (N-methyl/N-ethyl adjacent to an activating group) is 1. The van der Waals surface area contributed by atoms with Crippen LogP contribution in [0.1, 0.15) is 57.5 Å². The van der Waals surface area contributed by atoms with E-state index in [1.54, 1.807) is 30.3 Å². The van der Waals surface area contributed by atoms with Crippen LogP contribution < -0.4 is 110 Å². The number of aryl methyl sites for hydroxylation is 1. The number of aromatic amines is 4. The van der Waals surface area contributed by atoms with Crippen molar-refractivity contribution in [1.29, 1.82) is 10.8 Å². The Balaban J connectivity index is 1.01. The van der Waals surface area contributed by atoms with Gasteiger partial charge in [-0.25, -0.2) is 19.2 Å². The zero-order valence-corrected chi connectivity index (χ0v) is 58.2. The number of carbonyl (C=O) groups excluding carboxylic acids is 10. The molecule has 0 radical (unpaired) electrons. The summed E-state index contributed by atoms with van der Waals surface area (Å²) >= 11 is 0. The summed E-state index contributed by atoms with van der Waals surface area (Å²) in [5.41, 5.74) is 10.1. The maximum Gasteiger partial charge on any atom is 0.328 e. The topological polar surface area (TPSA) is 627 Å². The molecule has 41 nitrogen and oxygen atoms in total. The molecule has 8 aromatic rings. The summed E-state index contributed by atoms with van der Waals surface area (Å²) in [5, 5.41) is 36.6. The van der Waals surface area contributed by atoms with Crippen LogP contribution in [0.15, 0.2) is 148 Å². The Hall–Kier alpha value is -14.4. The van der Waals surface area contributed by atoms with Crippen molar-refractivity contribution in [3.05, 3.63) is 215 Å². The Morgan fingerprint density at radius 1 is 0.486 bits per heavy atom. The largest absolute Gasteiger partial charge is 0.370 e. The van der Waals surface area contributed by atoms with Gasteiger partial charge in [-0.15, -0.1) is 0 Å². The zero-order chi connectivity index (χ0) is 79.1. The molecule has 9 amide bonds. The van der Waals surface area contributed by atoms with Crippen molar-refractivity contribution >= 4 is 92.7 Å². The molecular formula is C68H75N23O18. The molecule has 1 aliphatic rings. The quantitative estimate of drug-likeness (QED) is 0.0103. The SMILES string of the molecule is Cc1cn(C[C@@H](NC(=O)[C@@H](Cn2c(=O)[nH]c3ccccc3c2=O)NC(=O)[C@@H](Cn2c(=O)[nH]c3ccccc3c2=O)NC(=O)CN(C)C(=O)[C@@H](Cn2ccc(=O)[nH]c2=O)NC(=O)[C@H](CCCNC(=N)N)NC(=O)CNC(=O)c2ccc3c(c2)C(=O)c2ccccc2-3)C(=O)N[C@@H](CCCNC(=N)N)C(N)=O)c(=O)[nH]c1=O. The van der Waals surface area contributed by atoms with E-state index in [9.17, 15) is 76.7 Å². The number of fused-ring (bicyclic) bond motifs is 5. The number of nitrogens with one attached hydrogen (secondary N) is 15. The number of nitrogens with zero attached hydrogens (tertiary/aromatic N) is 5. The van der Waals surface area contributed by atoms with Crippen molar-refractivity contribution in [2.45, 2.75) is 95.0 Å². The average molecular weight is 1500 g/mol. The van der Waals surface area contributed by atoms with Crippen molar-refractivity contribution in [2.75, 3.05) is 33.2 Å². The molecule has 0 aliphatic heterocycles. The van der Waals surface area contributed by atoms with E-state index in [0.29, 0.717) is 30.7 Å². The first-order valence-electron chi connectivity index (χ1n) is 33.5. The number of carbonyl (C=O) groups is 10. The van der Waals surface area contributed by atoms with Crippen molar-refractivity contribution in [2.24, 2.45) is 17.2 Å². The van der Waals surface area contributed by atoms with Gasteiger partial charge in [0.2, 0.25) is 47.3 Å². The minimum Gasteiger partial charge on any atom is -0.370 e. The number of guanidine groups is 2. The van der Waals surface area contributed by atoms with Gasteiger partial charge in [-0.2, -0.15) is 0 Å². The summed E-state index contributed by atoms with van der Waals surface area (Å²) < 4.78 is 2.54. The molecule has 9 rings (SSSR count). The van der Waals surface area contributed by atoms with Crippen LogP contribution in [0.2, 0.25) is 0 Å². The smallest absolute Gasteiger partial charge is 0.328 e. The van der Waals surface area contributed by atoms with Gasteiger partial charge in [0, 0.05) is 60.9 Å². The third-order valence-corrected chi connectivity index (χ3v) is 17.3. The fourth-order valence-electron chi connectivity index (χ4n) is 11.8. The molecule has 0 fully saturated rings. The van der Waals surface area contributed by atoms with Crippen LogP contribution in [0, 0.1) is 17.7 Å². The van der Waals surface area contributed by atoms with Crippen molar-refractivity contribution < 1.29 is 47.9 Å². The Labute approximate surface area is 611 Å². The predicted octanol–water partition coefficient (Wildman–Crippen LogP) is -7.18. The highest BCUT2D eigenvalue weighted by Crippen LogP contribution is 2.36. The van der Waals surface area contributed by atoms with Crippen molar-refractivity contribution in [1.82, 2.24) is 91.0 Å². The van der Waals surface area contributed by atoms with E-state index in [-0.39, 0.29) is 83.1 Å². The summed E-state index contributed by atoms with van der Waals surface area (Å²) in [6.45, 7) is -4.50. The molecule has 570 valence electrons.